The predicted molar refractivity (Wildman–Crippen MR) is 39.5 cm³/mol. The van der Waals surface area contributed by atoms with Gasteiger partial charge in [-0.05, 0) is 23.9 Å². The smallest absolute Gasteiger partial charge is 0.187 e. The third-order valence-electron chi connectivity index (χ3n) is 1.15. The molecule has 0 atom stereocenters. The van der Waals surface area contributed by atoms with Gasteiger partial charge in [-0.2, -0.15) is 5.26 Å². The second-order valence-electron chi connectivity index (χ2n) is 1.93. The van der Waals surface area contributed by atoms with E-state index in [1.165, 1.54) is 0 Å². The molecule has 12 heavy (non-hydrogen) atoms. The maximum absolute atomic E-state index is 12.6. The van der Waals surface area contributed by atoms with Crippen molar-refractivity contribution < 1.29 is 13.9 Å². The number of aromatic hydroxyl groups is 1. The van der Waals surface area contributed by atoms with Crippen LogP contribution in [0.25, 0.3) is 0 Å². The molecular formula is C7H3F2NOS. The minimum absolute atomic E-state index is 0.130. The molecule has 0 aliphatic rings. The van der Waals surface area contributed by atoms with E-state index in [9.17, 15) is 8.78 Å². The van der Waals surface area contributed by atoms with Crippen LogP contribution in [0.2, 0.25) is 0 Å². The highest BCUT2D eigenvalue weighted by Gasteiger charge is 2.09. The molecule has 0 amide bonds. The van der Waals surface area contributed by atoms with Crippen LogP contribution < -0.4 is 0 Å². The average Bonchev–Trinajstić information content (AvgIpc) is 2.01. The first kappa shape index (κ1) is 8.81. The zero-order valence-corrected chi connectivity index (χ0v) is 6.53. The van der Waals surface area contributed by atoms with E-state index >= 15 is 0 Å². The van der Waals surface area contributed by atoms with E-state index in [4.69, 9.17) is 10.4 Å². The molecule has 0 aliphatic heterocycles. The number of thioether (sulfide) groups is 1. The lowest BCUT2D eigenvalue weighted by Crippen LogP contribution is -1.83. The van der Waals surface area contributed by atoms with E-state index < -0.39 is 17.4 Å². The van der Waals surface area contributed by atoms with Gasteiger partial charge in [0.1, 0.15) is 5.40 Å². The second kappa shape index (κ2) is 3.41. The van der Waals surface area contributed by atoms with Crippen molar-refractivity contribution >= 4 is 11.8 Å². The first-order chi connectivity index (χ1) is 5.65. The summed E-state index contributed by atoms with van der Waals surface area (Å²) in [5.74, 6) is -3.14. The molecule has 0 fully saturated rings. The SMILES string of the molecule is N#CSc1cc(F)c(O)c(F)c1. The van der Waals surface area contributed by atoms with Gasteiger partial charge in [0.2, 0.25) is 0 Å². The van der Waals surface area contributed by atoms with Crippen molar-refractivity contribution in [2.75, 3.05) is 0 Å². The molecule has 1 rings (SSSR count). The van der Waals surface area contributed by atoms with Crippen LogP contribution in [0.5, 0.6) is 5.75 Å². The van der Waals surface area contributed by atoms with Crippen LogP contribution in [-0.2, 0) is 0 Å². The summed E-state index contributed by atoms with van der Waals surface area (Å²) >= 11 is 0.627. The summed E-state index contributed by atoms with van der Waals surface area (Å²) in [5, 5.41) is 18.5. The van der Waals surface area contributed by atoms with Crippen molar-refractivity contribution in [3.63, 3.8) is 0 Å². The highest BCUT2D eigenvalue weighted by Crippen LogP contribution is 2.26. The number of thiocyanates is 1. The zero-order valence-electron chi connectivity index (χ0n) is 5.71. The topological polar surface area (TPSA) is 44.0 Å². The monoisotopic (exact) mass is 187 g/mol. The van der Waals surface area contributed by atoms with Gasteiger partial charge in [-0.15, -0.1) is 0 Å². The number of benzene rings is 1. The van der Waals surface area contributed by atoms with Crippen molar-refractivity contribution in [3.05, 3.63) is 23.8 Å². The summed E-state index contributed by atoms with van der Waals surface area (Å²) in [6.07, 6.45) is 0. The van der Waals surface area contributed by atoms with Gasteiger partial charge in [-0.1, -0.05) is 0 Å². The van der Waals surface area contributed by atoms with Crippen LogP contribution in [0.15, 0.2) is 17.0 Å². The molecule has 0 aromatic heterocycles. The van der Waals surface area contributed by atoms with Crippen molar-refractivity contribution in [2.24, 2.45) is 0 Å². The fourth-order valence-corrected chi connectivity index (χ4v) is 1.08. The molecule has 1 aromatic carbocycles. The Morgan fingerprint density at radius 3 is 2.25 bits per heavy atom. The maximum atomic E-state index is 12.6. The Bertz CT molecular complexity index is 325. The molecule has 0 heterocycles. The van der Waals surface area contributed by atoms with Crippen molar-refractivity contribution in [2.45, 2.75) is 4.90 Å². The zero-order chi connectivity index (χ0) is 9.14. The molecule has 0 bridgehead atoms. The number of nitrogens with zero attached hydrogens (tertiary/aromatic N) is 1. The number of hydrogen-bond acceptors (Lipinski definition) is 3. The lowest BCUT2D eigenvalue weighted by molar-refractivity contribution is 0.394. The Labute approximate surface area is 71.4 Å². The number of halogens is 2. The summed E-state index contributed by atoms with van der Waals surface area (Å²) < 4.78 is 25.1. The highest BCUT2D eigenvalue weighted by atomic mass is 32.2. The maximum Gasteiger partial charge on any atom is 0.187 e. The van der Waals surface area contributed by atoms with Crippen molar-refractivity contribution in [1.82, 2.24) is 0 Å². The van der Waals surface area contributed by atoms with E-state index in [2.05, 4.69) is 0 Å². The summed E-state index contributed by atoms with van der Waals surface area (Å²) in [6.45, 7) is 0. The van der Waals surface area contributed by atoms with Crippen LogP contribution in [0.1, 0.15) is 0 Å². The van der Waals surface area contributed by atoms with Gasteiger partial charge >= 0.3 is 0 Å². The van der Waals surface area contributed by atoms with Gasteiger partial charge in [-0.25, -0.2) is 8.78 Å². The number of phenolic OH excluding ortho intramolecular Hbond substituents is 1. The van der Waals surface area contributed by atoms with Gasteiger partial charge in [0, 0.05) is 4.90 Å². The van der Waals surface area contributed by atoms with Crippen LogP contribution in [-0.4, -0.2) is 5.11 Å². The van der Waals surface area contributed by atoms with E-state index in [1.54, 1.807) is 5.40 Å². The van der Waals surface area contributed by atoms with E-state index in [-0.39, 0.29) is 4.90 Å². The number of nitriles is 1. The minimum atomic E-state index is -1.06. The molecule has 0 aliphatic carbocycles. The molecule has 0 saturated heterocycles. The summed E-state index contributed by atoms with van der Waals surface area (Å²) in [4.78, 5) is 0.130. The molecule has 0 saturated carbocycles. The Balaban J connectivity index is 3.14. The van der Waals surface area contributed by atoms with E-state index in [1.807, 2.05) is 0 Å². The van der Waals surface area contributed by atoms with E-state index in [0.717, 1.165) is 12.1 Å². The highest BCUT2D eigenvalue weighted by molar-refractivity contribution is 8.03. The normalized spacial score (nSPS) is 9.42. The summed E-state index contributed by atoms with van der Waals surface area (Å²) in [5.41, 5.74) is 0. The van der Waals surface area contributed by atoms with Crippen LogP contribution in [0, 0.1) is 22.3 Å². The second-order valence-corrected chi connectivity index (χ2v) is 2.79. The average molecular weight is 187 g/mol. The first-order valence-corrected chi connectivity index (χ1v) is 3.70. The Morgan fingerprint density at radius 1 is 1.33 bits per heavy atom. The molecule has 5 heteroatoms. The molecule has 1 aromatic rings. The van der Waals surface area contributed by atoms with Gasteiger partial charge < -0.3 is 5.11 Å². The molecular weight excluding hydrogens is 184 g/mol. The van der Waals surface area contributed by atoms with Crippen LogP contribution >= 0.6 is 11.8 Å². The van der Waals surface area contributed by atoms with Gasteiger partial charge in [0.15, 0.2) is 17.4 Å². The predicted octanol–water partition coefficient (Wildman–Crippen LogP) is 2.24. The molecule has 0 unspecified atom stereocenters. The third-order valence-corrected chi connectivity index (χ3v) is 1.72. The lowest BCUT2D eigenvalue weighted by atomic mass is 10.3. The Kier molecular flexibility index (Phi) is 2.51. The fraction of sp³-hybridized carbons (Fsp3) is 0. The molecule has 2 nitrogen and oxygen atoms in total. The van der Waals surface area contributed by atoms with Gasteiger partial charge in [0.05, 0.1) is 0 Å². The van der Waals surface area contributed by atoms with Gasteiger partial charge in [-0.3, -0.25) is 0 Å². The number of hydrogen-bond donors (Lipinski definition) is 1. The van der Waals surface area contributed by atoms with Gasteiger partial charge in [0.25, 0.3) is 0 Å². The molecule has 1 N–H and O–H groups in total. The fourth-order valence-electron chi connectivity index (χ4n) is 0.654. The number of phenols is 1. The number of rotatable bonds is 1. The lowest BCUT2D eigenvalue weighted by Gasteiger charge is -1.98. The Morgan fingerprint density at radius 2 is 1.83 bits per heavy atom. The largest absolute Gasteiger partial charge is 0.503 e. The Hall–Kier alpha value is -1.28. The van der Waals surface area contributed by atoms with E-state index in [0.29, 0.717) is 11.8 Å². The standard InChI is InChI=1S/C7H3F2NOS/c8-5-1-4(12-3-10)2-6(9)7(5)11/h1-2,11H. The van der Waals surface area contributed by atoms with Crippen LogP contribution in [0.4, 0.5) is 8.78 Å². The first-order valence-electron chi connectivity index (χ1n) is 2.89. The minimum Gasteiger partial charge on any atom is -0.503 e. The molecule has 62 valence electrons. The molecule has 0 spiro atoms. The summed E-state index contributed by atoms with van der Waals surface area (Å²) in [6, 6.07) is 1.79. The van der Waals surface area contributed by atoms with Crippen molar-refractivity contribution in [3.8, 4) is 11.2 Å². The van der Waals surface area contributed by atoms with Crippen LogP contribution in [0.3, 0.4) is 0 Å². The van der Waals surface area contributed by atoms with Crippen molar-refractivity contribution in [1.29, 1.82) is 5.26 Å². The third kappa shape index (κ3) is 1.66. The summed E-state index contributed by atoms with van der Waals surface area (Å²) in [7, 11) is 0. The quantitative estimate of drug-likeness (QED) is 0.541. The molecule has 0 radical (unpaired) electrons.